The van der Waals surface area contributed by atoms with Crippen LogP contribution >= 0.6 is 0 Å². The third-order valence-electron chi connectivity index (χ3n) is 8.11. The number of nitrogens with zero attached hydrogens (tertiary/aromatic N) is 5. The normalized spacial score (nSPS) is 15.5. The molecule has 1 saturated carbocycles. The monoisotopic (exact) mass is 554 g/mol. The summed E-state index contributed by atoms with van der Waals surface area (Å²) < 4.78 is 7.96. The van der Waals surface area contributed by atoms with Crippen LogP contribution in [-0.2, 0) is 16.6 Å². The van der Waals surface area contributed by atoms with Crippen molar-refractivity contribution in [3.63, 3.8) is 0 Å². The molecule has 3 heterocycles. The van der Waals surface area contributed by atoms with Crippen molar-refractivity contribution in [2.24, 2.45) is 12.5 Å². The van der Waals surface area contributed by atoms with E-state index < -0.39 is 0 Å². The lowest BCUT2D eigenvalue weighted by molar-refractivity contribution is -0.146. The highest BCUT2D eigenvalue weighted by atomic mass is 16.5. The van der Waals surface area contributed by atoms with Crippen molar-refractivity contribution in [3.8, 4) is 28.3 Å². The molecule has 4 aromatic rings. The Morgan fingerprint density at radius 3 is 2.49 bits per heavy atom. The summed E-state index contributed by atoms with van der Waals surface area (Å²) >= 11 is 0. The third-order valence-corrected chi connectivity index (χ3v) is 8.11. The Hall–Kier alpha value is -4.40. The number of hydrogen-bond acceptors (Lipinski definition) is 5. The molecule has 0 unspecified atom stereocenters. The average Bonchev–Trinajstić information content (AvgIpc) is 3.53. The van der Waals surface area contributed by atoms with Gasteiger partial charge in [0.1, 0.15) is 11.6 Å². The summed E-state index contributed by atoms with van der Waals surface area (Å²) in [5, 5.41) is 8.53. The molecule has 6 rings (SSSR count). The number of aromatic nitrogens is 4. The highest BCUT2D eigenvalue weighted by Gasteiger charge is 2.54. The fourth-order valence-corrected chi connectivity index (χ4v) is 6.16. The molecule has 1 aliphatic heterocycles. The molecule has 9 nitrogen and oxygen atoms in total. The molecule has 2 aromatic carbocycles. The van der Waals surface area contributed by atoms with E-state index in [1.54, 1.807) is 14.1 Å². The van der Waals surface area contributed by atoms with Gasteiger partial charge in [0.05, 0.1) is 29.7 Å². The largest absolute Gasteiger partial charge is 0.494 e. The number of likely N-dealkylation sites (tertiary alicyclic amines) is 1. The van der Waals surface area contributed by atoms with E-state index in [0.717, 1.165) is 77.3 Å². The summed E-state index contributed by atoms with van der Waals surface area (Å²) in [6.07, 6.45) is 6.17. The van der Waals surface area contributed by atoms with E-state index in [4.69, 9.17) is 9.72 Å². The van der Waals surface area contributed by atoms with Gasteiger partial charge in [-0.15, -0.1) is 0 Å². The number of aryl methyl sites for hydroxylation is 1. The molecular formula is C32H38N6O3. The molecule has 2 amide bonds. The van der Waals surface area contributed by atoms with Crippen molar-refractivity contribution in [3.05, 3.63) is 66.6 Å². The molecule has 0 atom stereocenters. The second-order valence-corrected chi connectivity index (χ2v) is 11.3. The van der Waals surface area contributed by atoms with Crippen molar-refractivity contribution in [1.29, 1.82) is 0 Å². The number of amides is 2. The summed E-state index contributed by atoms with van der Waals surface area (Å²) in [5.74, 6) is 2.37. The quantitative estimate of drug-likeness (QED) is 0.258. The van der Waals surface area contributed by atoms with E-state index in [2.05, 4.69) is 59.6 Å². The Morgan fingerprint density at radius 2 is 1.88 bits per heavy atom. The van der Waals surface area contributed by atoms with E-state index in [9.17, 15) is 9.59 Å². The minimum atomic E-state index is 0.0322. The molecule has 41 heavy (non-hydrogen) atoms. The van der Waals surface area contributed by atoms with Gasteiger partial charge in [-0.2, -0.15) is 5.10 Å². The van der Waals surface area contributed by atoms with Gasteiger partial charge in [-0.05, 0) is 68.7 Å². The first-order valence-electron chi connectivity index (χ1n) is 14.0. The lowest BCUT2D eigenvalue weighted by Crippen LogP contribution is -2.63. The van der Waals surface area contributed by atoms with Crippen LogP contribution in [-0.4, -0.2) is 75.7 Å². The second-order valence-electron chi connectivity index (χ2n) is 11.3. The number of imidazole rings is 1. The van der Waals surface area contributed by atoms with Crippen LogP contribution in [0.3, 0.4) is 0 Å². The molecule has 1 spiro atoms. The Labute approximate surface area is 240 Å². The Balaban J connectivity index is 0.000000623. The predicted octanol–water partition coefficient (Wildman–Crippen LogP) is 4.93. The van der Waals surface area contributed by atoms with E-state index in [1.807, 2.05) is 30.2 Å². The van der Waals surface area contributed by atoms with Crippen molar-refractivity contribution in [2.45, 2.75) is 32.6 Å². The number of benzene rings is 2. The van der Waals surface area contributed by atoms with Gasteiger partial charge in [-0.1, -0.05) is 12.6 Å². The van der Waals surface area contributed by atoms with Crippen molar-refractivity contribution in [2.75, 3.05) is 33.8 Å². The third kappa shape index (κ3) is 5.24. The molecule has 2 aliphatic rings. The predicted molar refractivity (Wildman–Crippen MR) is 161 cm³/mol. The van der Waals surface area contributed by atoms with Gasteiger partial charge in [0.2, 0.25) is 12.3 Å². The molecule has 1 saturated heterocycles. The molecule has 1 N–H and O–H groups in total. The van der Waals surface area contributed by atoms with Crippen LogP contribution in [0.1, 0.15) is 37.1 Å². The highest BCUT2D eigenvalue weighted by molar-refractivity contribution is 5.98. The van der Waals surface area contributed by atoms with Gasteiger partial charge in [0.25, 0.3) is 0 Å². The zero-order valence-corrected chi connectivity index (χ0v) is 24.5. The maximum Gasteiger partial charge on any atom is 0.245 e. The smallest absolute Gasteiger partial charge is 0.245 e. The lowest BCUT2D eigenvalue weighted by atomic mass is 9.57. The first kappa shape index (κ1) is 28.1. The lowest BCUT2D eigenvalue weighted by Gasteiger charge is -2.58. The maximum absolute atomic E-state index is 11.9. The fourth-order valence-electron chi connectivity index (χ4n) is 6.16. The zero-order valence-electron chi connectivity index (χ0n) is 24.5. The summed E-state index contributed by atoms with van der Waals surface area (Å²) in [4.78, 5) is 30.0. The summed E-state index contributed by atoms with van der Waals surface area (Å²) in [6, 6.07) is 12.4. The second kappa shape index (κ2) is 11.2. The molecule has 1 aliphatic carbocycles. The van der Waals surface area contributed by atoms with Crippen molar-refractivity contribution in [1.82, 2.24) is 29.5 Å². The number of nitrogens with one attached hydrogen (secondary N) is 1. The summed E-state index contributed by atoms with van der Waals surface area (Å²) in [6.45, 7) is 10.0. The number of aromatic amines is 1. The summed E-state index contributed by atoms with van der Waals surface area (Å²) in [7, 11) is 5.51. The zero-order chi connectivity index (χ0) is 29.3. The molecule has 0 radical (unpaired) electrons. The van der Waals surface area contributed by atoms with Gasteiger partial charge in [0.15, 0.2) is 0 Å². The van der Waals surface area contributed by atoms with E-state index >= 15 is 0 Å². The average molecular weight is 555 g/mol. The minimum Gasteiger partial charge on any atom is -0.494 e. The van der Waals surface area contributed by atoms with E-state index in [1.165, 1.54) is 16.5 Å². The first-order chi connectivity index (χ1) is 19.7. The van der Waals surface area contributed by atoms with Crippen LogP contribution in [0, 0.1) is 12.3 Å². The van der Waals surface area contributed by atoms with E-state index in [-0.39, 0.29) is 11.3 Å². The highest BCUT2D eigenvalue weighted by Crippen LogP contribution is 2.56. The number of rotatable bonds is 7. The van der Waals surface area contributed by atoms with Gasteiger partial charge in [-0.3, -0.25) is 14.7 Å². The van der Waals surface area contributed by atoms with Crippen molar-refractivity contribution >= 4 is 23.2 Å². The first-order valence-corrected chi connectivity index (χ1v) is 14.0. The van der Waals surface area contributed by atoms with Crippen LogP contribution in [0.5, 0.6) is 5.75 Å². The van der Waals surface area contributed by atoms with Gasteiger partial charge in [-0.25, -0.2) is 4.98 Å². The summed E-state index contributed by atoms with van der Waals surface area (Å²) in [5.41, 5.74) is 6.74. The number of ether oxygens (including phenoxy) is 1. The molecule has 2 fully saturated rings. The Morgan fingerprint density at radius 1 is 1.20 bits per heavy atom. The number of H-pyrrole nitrogens is 1. The van der Waals surface area contributed by atoms with Crippen LogP contribution < -0.4 is 4.74 Å². The van der Waals surface area contributed by atoms with Crippen LogP contribution in [0.2, 0.25) is 0 Å². The Bertz CT molecular complexity index is 1570. The number of hydrogen-bond donors (Lipinski definition) is 1. The maximum atomic E-state index is 11.9. The molecule has 9 heteroatoms. The van der Waals surface area contributed by atoms with E-state index in [0.29, 0.717) is 12.5 Å². The fraction of sp³-hybridized carbons (Fsp3) is 0.375. The van der Waals surface area contributed by atoms with Crippen LogP contribution in [0.15, 0.2) is 55.3 Å². The number of carbonyl (C=O) groups excluding carboxylic acids is 2. The SMILES string of the molecule is C=CC(=O)N1CC2(CC(c3nc(-c4ccc(OCC)cc4)c(-c4c(C)ccc5[nH]ncc45)n3C)C2)C1.CN(C)C=O. The molecule has 2 aromatic heterocycles. The number of fused-ring (bicyclic) bond motifs is 1. The van der Waals surface area contributed by atoms with Crippen LogP contribution in [0.4, 0.5) is 0 Å². The van der Waals surface area contributed by atoms with Gasteiger partial charge in [0, 0.05) is 62.1 Å². The van der Waals surface area contributed by atoms with Crippen LogP contribution in [0.25, 0.3) is 33.4 Å². The number of carbonyl (C=O) groups is 2. The Kier molecular flexibility index (Phi) is 7.71. The molecule has 0 bridgehead atoms. The molecular weight excluding hydrogens is 516 g/mol. The van der Waals surface area contributed by atoms with Gasteiger partial charge < -0.3 is 19.1 Å². The standard InChI is InChI=1S/C29H31N5O2.C3H7NO/c1-5-24(35)34-16-29(17-34)13-20(14-29)28-31-26(19-8-10-21(11-9-19)36-6-2)27(33(28)4)25-18(3)7-12-23-22(25)15-30-32-23;1-4(2)3-5/h5,7-12,15,20H,1,6,13-14,16-17H2,2-4H3,(H,30,32);3H,1-2H3. The van der Waals surface area contributed by atoms with Gasteiger partial charge >= 0.3 is 0 Å². The topological polar surface area (TPSA) is 96.4 Å². The van der Waals surface area contributed by atoms with Crippen molar-refractivity contribution < 1.29 is 14.3 Å². The molecule has 214 valence electrons. The minimum absolute atomic E-state index is 0.0322.